The lowest BCUT2D eigenvalue weighted by atomic mass is 9.97. The van der Waals surface area contributed by atoms with Crippen molar-refractivity contribution in [3.8, 4) is 0 Å². The van der Waals surface area contributed by atoms with E-state index in [9.17, 15) is 4.79 Å². The van der Waals surface area contributed by atoms with Gasteiger partial charge in [0.15, 0.2) is 0 Å². The highest BCUT2D eigenvalue weighted by Gasteiger charge is 2.17. The molecule has 0 saturated carbocycles. The number of aromatic nitrogens is 2. The second-order valence-corrected chi connectivity index (χ2v) is 5.13. The normalized spacial score (nSPS) is 17.4. The van der Waals surface area contributed by atoms with Gasteiger partial charge in [0.1, 0.15) is 0 Å². The molecule has 2 rings (SSSR count). The van der Waals surface area contributed by atoms with Crippen molar-refractivity contribution < 1.29 is 9.90 Å². The Morgan fingerprint density at radius 3 is 2.79 bits per heavy atom. The summed E-state index contributed by atoms with van der Waals surface area (Å²) in [5.74, 6) is 0.167. The number of carboxylic acid groups (broad SMARTS) is 1. The molecule has 0 amide bonds. The van der Waals surface area contributed by atoms with Gasteiger partial charge in [-0.1, -0.05) is 0 Å². The highest BCUT2D eigenvalue weighted by molar-refractivity contribution is 5.88. The van der Waals surface area contributed by atoms with Crippen LogP contribution in [0.4, 0.5) is 5.95 Å². The van der Waals surface area contributed by atoms with Crippen molar-refractivity contribution in [2.45, 2.75) is 19.8 Å². The van der Waals surface area contributed by atoms with Crippen molar-refractivity contribution in [2.24, 2.45) is 5.92 Å². The van der Waals surface area contributed by atoms with E-state index < -0.39 is 5.97 Å². The first kappa shape index (κ1) is 13.7. The molecular weight excluding hydrogens is 244 g/mol. The largest absolute Gasteiger partial charge is 0.478 e. The number of anilines is 1. The summed E-state index contributed by atoms with van der Waals surface area (Å²) in [6.07, 6.45) is 3.72. The molecule has 19 heavy (non-hydrogen) atoms. The number of aromatic carboxylic acids is 1. The lowest BCUT2D eigenvalue weighted by Gasteiger charge is -2.28. The van der Waals surface area contributed by atoms with Crippen LogP contribution < -0.4 is 5.32 Å². The maximum atomic E-state index is 10.9. The zero-order chi connectivity index (χ0) is 13.8. The van der Waals surface area contributed by atoms with E-state index in [-0.39, 0.29) is 5.56 Å². The third-order valence-electron chi connectivity index (χ3n) is 3.60. The van der Waals surface area contributed by atoms with Crippen LogP contribution in [-0.4, -0.2) is 52.6 Å². The molecule has 1 saturated heterocycles. The highest BCUT2D eigenvalue weighted by atomic mass is 16.4. The van der Waals surface area contributed by atoms with Crippen molar-refractivity contribution in [2.75, 3.05) is 32.0 Å². The number of carboxylic acids is 1. The number of hydrogen-bond acceptors (Lipinski definition) is 5. The van der Waals surface area contributed by atoms with E-state index in [1.165, 1.54) is 19.0 Å². The third-order valence-corrected chi connectivity index (χ3v) is 3.60. The van der Waals surface area contributed by atoms with E-state index in [0.29, 0.717) is 17.6 Å². The van der Waals surface area contributed by atoms with Crippen LogP contribution in [-0.2, 0) is 0 Å². The molecule has 1 aliphatic rings. The van der Waals surface area contributed by atoms with E-state index in [1.54, 1.807) is 6.92 Å². The Hall–Kier alpha value is -1.69. The Morgan fingerprint density at radius 2 is 2.21 bits per heavy atom. The Balaban J connectivity index is 1.89. The molecule has 6 heteroatoms. The quantitative estimate of drug-likeness (QED) is 0.852. The molecule has 1 aromatic heterocycles. The molecule has 0 aromatic carbocycles. The van der Waals surface area contributed by atoms with Crippen LogP contribution in [0.2, 0.25) is 0 Å². The van der Waals surface area contributed by atoms with Crippen LogP contribution in [0.5, 0.6) is 0 Å². The minimum Gasteiger partial charge on any atom is -0.478 e. The molecule has 1 aliphatic heterocycles. The van der Waals surface area contributed by atoms with Gasteiger partial charge in [0.25, 0.3) is 0 Å². The Labute approximate surface area is 112 Å². The standard InChI is InChI=1S/C13H20N4O2/c1-9-11(12(18)19)8-15-13(16-9)14-7-10-3-5-17(2)6-4-10/h8,10H,3-7H2,1-2H3,(H,18,19)(H,14,15,16). The minimum atomic E-state index is -0.987. The van der Waals surface area contributed by atoms with E-state index >= 15 is 0 Å². The van der Waals surface area contributed by atoms with Crippen molar-refractivity contribution in [3.05, 3.63) is 17.5 Å². The maximum Gasteiger partial charge on any atom is 0.339 e. The first-order valence-corrected chi connectivity index (χ1v) is 6.55. The molecule has 2 N–H and O–H groups in total. The lowest BCUT2D eigenvalue weighted by Crippen LogP contribution is -2.33. The molecule has 104 valence electrons. The number of nitrogens with zero attached hydrogens (tertiary/aromatic N) is 3. The molecule has 0 bridgehead atoms. The van der Waals surface area contributed by atoms with Gasteiger partial charge in [-0.25, -0.2) is 14.8 Å². The van der Waals surface area contributed by atoms with Crippen LogP contribution in [0.3, 0.4) is 0 Å². The topological polar surface area (TPSA) is 78.4 Å². The zero-order valence-corrected chi connectivity index (χ0v) is 11.4. The molecule has 0 atom stereocenters. The van der Waals surface area contributed by atoms with Gasteiger partial charge in [-0.2, -0.15) is 0 Å². The summed E-state index contributed by atoms with van der Waals surface area (Å²) in [7, 11) is 2.14. The number of aryl methyl sites for hydroxylation is 1. The van der Waals surface area contributed by atoms with Gasteiger partial charge in [0.2, 0.25) is 5.95 Å². The fraction of sp³-hybridized carbons (Fsp3) is 0.615. The lowest BCUT2D eigenvalue weighted by molar-refractivity contribution is 0.0695. The smallest absolute Gasteiger partial charge is 0.339 e. The first-order valence-electron chi connectivity index (χ1n) is 6.55. The van der Waals surface area contributed by atoms with Gasteiger partial charge < -0.3 is 15.3 Å². The van der Waals surface area contributed by atoms with Gasteiger partial charge in [-0.15, -0.1) is 0 Å². The number of carbonyl (C=O) groups is 1. The van der Waals surface area contributed by atoms with Crippen molar-refractivity contribution in [3.63, 3.8) is 0 Å². The molecule has 0 radical (unpaired) electrons. The molecule has 6 nitrogen and oxygen atoms in total. The summed E-state index contributed by atoms with van der Waals surface area (Å²) < 4.78 is 0. The summed E-state index contributed by atoms with van der Waals surface area (Å²) in [6, 6.07) is 0. The summed E-state index contributed by atoms with van der Waals surface area (Å²) >= 11 is 0. The van der Waals surface area contributed by atoms with Crippen molar-refractivity contribution in [1.82, 2.24) is 14.9 Å². The van der Waals surface area contributed by atoms with Crippen LogP contribution in [0.1, 0.15) is 28.9 Å². The number of rotatable bonds is 4. The average molecular weight is 264 g/mol. The maximum absolute atomic E-state index is 10.9. The Bertz CT molecular complexity index is 456. The van der Waals surface area contributed by atoms with Crippen LogP contribution in [0.15, 0.2) is 6.20 Å². The van der Waals surface area contributed by atoms with Crippen molar-refractivity contribution >= 4 is 11.9 Å². The second-order valence-electron chi connectivity index (χ2n) is 5.13. The van der Waals surface area contributed by atoms with E-state index in [0.717, 1.165) is 19.6 Å². The molecule has 1 aromatic rings. The number of likely N-dealkylation sites (tertiary alicyclic amines) is 1. The Morgan fingerprint density at radius 1 is 1.53 bits per heavy atom. The first-order chi connectivity index (χ1) is 9.06. The van der Waals surface area contributed by atoms with Crippen LogP contribution in [0.25, 0.3) is 0 Å². The van der Waals surface area contributed by atoms with Gasteiger partial charge in [-0.05, 0) is 45.8 Å². The van der Waals surface area contributed by atoms with Gasteiger partial charge in [0.05, 0.1) is 11.3 Å². The van der Waals surface area contributed by atoms with Gasteiger partial charge in [0, 0.05) is 12.7 Å². The molecule has 2 heterocycles. The predicted octanol–water partition coefficient (Wildman–Crippen LogP) is 1.24. The third kappa shape index (κ3) is 3.64. The van der Waals surface area contributed by atoms with Crippen LogP contribution in [0, 0.1) is 12.8 Å². The predicted molar refractivity (Wildman–Crippen MR) is 72.4 cm³/mol. The SMILES string of the molecule is Cc1nc(NCC2CCN(C)CC2)ncc1C(=O)O. The number of hydrogen-bond donors (Lipinski definition) is 2. The van der Waals surface area contributed by atoms with Crippen LogP contribution >= 0.6 is 0 Å². The summed E-state index contributed by atoms with van der Waals surface area (Å²) in [5.41, 5.74) is 0.651. The summed E-state index contributed by atoms with van der Waals surface area (Å²) in [4.78, 5) is 21.4. The fourth-order valence-corrected chi connectivity index (χ4v) is 2.26. The summed E-state index contributed by atoms with van der Waals surface area (Å²) in [6.45, 7) is 4.79. The fourth-order valence-electron chi connectivity index (χ4n) is 2.26. The summed E-state index contributed by atoms with van der Waals surface area (Å²) in [5, 5.41) is 12.1. The van der Waals surface area contributed by atoms with Crippen molar-refractivity contribution in [1.29, 1.82) is 0 Å². The molecule has 0 aliphatic carbocycles. The van der Waals surface area contributed by atoms with E-state index in [2.05, 4.69) is 27.2 Å². The Kier molecular flexibility index (Phi) is 4.31. The second kappa shape index (κ2) is 5.97. The molecule has 1 fully saturated rings. The molecular formula is C13H20N4O2. The van der Waals surface area contributed by atoms with Gasteiger partial charge in [-0.3, -0.25) is 0 Å². The monoisotopic (exact) mass is 264 g/mol. The molecule has 0 unspecified atom stereocenters. The highest BCUT2D eigenvalue weighted by Crippen LogP contribution is 2.16. The van der Waals surface area contributed by atoms with E-state index in [4.69, 9.17) is 5.11 Å². The number of piperidine rings is 1. The zero-order valence-electron chi connectivity index (χ0n) is 11.4. The van der Waals surface area contributed by atoms with Gasteiger partial charge >= 0.3 is 5.97 Å². The average Bonchev–Trinajstić information content (AvgIpc) is 2.37. The van der Waals surface area contributed by atoms with E-state index in [1.807, 2.05) is 0 Å². The minimum absolute atomic E-state index is 0.157. The number of nitrogens with one attached hydrogen (secondary N) is 1. The molecule has 0 spiro atoms.